The summed E-state index contributed by atoms with van der Waals surface area (Å²) in [5.41, 5.74) is 2.25. The number of aromatic hydroxyl groups is 1. The second kappa shape index (κ2) is 9.02. The van der Waals surface area contributed by atoms with Crippen LogP contribution in [0.15, 0.2) is 40.9 Å². The monoisotopic (exact) mass is 523 g/mol. The van der Waals surface area contributed by atoms with Crippen LogP contribution in [0.5, 0.6) is 5.75 Å². The van der Waals surface area contributed by atoms with Gasteiger partial charge in [0, 0.05) is 48.2 Å². The number of esters is 1. The average molecular weight is 524 g/mol. The summed E-state index contributed by atoms with van der Waals surface area (Å²) in [6.07, 6.45) is 4.91. The van der Waals surface area contributed by atoms with E-state index in [4.69, 9.17) is 37.7 Å². The van der Waals surface area contributed by atoms with Crippen LogP contribution in [0, 0.1) is 11.3 Å². The maximum atomic E-state index is 13.6. The zero-order valence-corrected chi connectivity index (χ0v) is 20.8. The minimum atomic E-state index is -0.460. The molecule has 3 atom stereocenters. The number of fused-ring (bicyclic) bond motifs is 2. The third-order valence-electron chi connectivity index (χ3n) is 7.43. The van der Waals surface area contributed by atoms with Gasteiger partial charge in [-0.3, -0.25) is 0 Å². The normalized spacial score (nSPS) is 22.9. The molecule has 2 saturated heterocycles. The van der Waals surface area contributed by atoms with Crippen molar-refractivity contribution in [2.24, 2.45) is 0 Å². The van der Waals surface area contributed by atoms with Gasteiger partial charge in [-0.25, -0.2) is 4.79 Å². The number of halogens is 2. The Morgan fingerprint density at radius 3 is 2.42 bits per heavy atom. The Morgan fingerprint density at radius 2 is 1.81 bits per heavy atom. The predicted octanol–water partition coefficient (Wildman–Crippen LogP) is 6.46. The fourth-order valence-electron chi connectivity index (χ4n) is 5.65. The summed E-state index contributed by atoms with van der Waals surface area (Å²) in [4.78, 5) is 15.8. The third-order valence-corrected chi connectivity index (χ3v) is 8.06. The molecule has 184 valence electrons. The highest BCUT2D eigenvalue weighted by molar-refractivity contribution is 6.39. The molecule has 7 nitrogen and oxygen atoms in total. The second-order valence-corrected chi connectivity index (χ2v) is 10.6. The minimum absolute atomic E-state index is 0.0197. The Morgan fingerprint density at radius 1 is 1.11 bits per heavy atom. The molecule has 0 spiro atoms. The average Bonchev–Trinajstić information content (AvgIpc) is 3.55. The molecule has 0 radical (unpaired) electrons. The van der Waals surface area contributed by atoms with E-state index >= 15 is 0 Å². The summed E-state index contributed by atoms with van der Waals surface area (Å²) in [7, 11) is 0. The quantitative estimate of drug-likeness (QED) is 0.383. The molecule has 2 aromatic carbocycles. The number of piperidine rings is 1. The second-order valence-electron chi connectivity index (χ2n) is 9.75. The third kappa shape index (κ3) is 3.99. The van der Waals surface area contributed by atoms with E-state index in [1.807, 2.05) is 12.1 Å². The van der Waals surface area contributed by atoms with Crippen molar-refractivity contribution in [1.82, 2.24) is 5.16 Å². The molecule has 3 aromatic rings. The van der Waals surface area contributed by atoms with E-state index in [1.54, 1.807) is 30.3 Å². The van der Waals surface area contributed by atoms with Crippen molar-refractivity contribution in [3.05, 3.63) is 63.3 Å². The van der Waals surface area contributed by atoms with Crippen LogP contribution in [0.4, 0.5) is 5.69 Å². The molecule has 2 bridgehead atoms. The highest BCUT2D eigenvalue weighted by atomic mass is 35.5. The van der Waals surface area contributed by atoms with Crippen molar-refractivity contribution in [1.29, 1.82) is 5.26 Å². The van der Waals surface area contributed by atoms with Gasteiger partial charge in [0.1, 0.15) is 29.2 Å². The van der Waals surface area contributed by atoms with E-state index < -0.39 is 5.97 Å². The Balaban J connectivity index is 1.25. The zero-order chi connectivity index (χ0) is 25.0. The lowest BCUT2D eigenvalue weighted by Gasteiger charge is -2.40. The lowest BCUT2D eigenvalue weighted by atomic mass is 9.98. The van der Waals surface area contributed by atoms with Crippen molar-refractivity contribution in [2.45, 2.75) is 62.6 Å². The van der Waals surface area contributed by atoms with E-state index in [0.717, 1.165) is 31.4 Å². The number of carbonyl (C=O) groups excluding carboxylic acids is 1. The fraction of sp³-hybridized carbons (Fsp3) is 0.370. The van der Waals surface area contributed by atoms with Crippen molar-refractivity contribution in [2.75, 3.05) is 4.90 Å². The summed E-state index contributed by atoms with van der Waals surface area (Å²) >= 11 is 12.9. The molecule has 0 amide bonds. The van der Waals surface area contributed by atoms with Crippen molar-refractivity contribution >= 4 is 34.9 Å². The highest BCUT2D eigenvalue weighted by Gasteiger charge is 2.44. The number of carbonyl (C=O) groups is 1. The topological polar surface area (TPSA) is 99.6 Å². The summed E-state index contributed by atoms with van der Waals surface area (Å²) in [6.45, 7) is 0. The number of phenolic OH excluding ortho intramolecular Hbond substituents is 1. The number of nitrogens with zero attached hydrogens (tertiary/aromatic N) is 3. The number of rotatable bonds is 5. The van der Waals surface area contributed by atoms with Gasteiger partial charge in [-0.2, -0.15) is 5.26 Å². The van der Waals surface area contributed by atoms with Crippen molar-refractivity contribution in [3.63, 3.8) is 0 Å². The van der Waals surface area contributed by atoms with Crippen LogP contribution >= 0.6 is 23.2 Å². The fourth-order valence-corrected chi connectivity index (χ4v) is 6.23. The molecule has 9 heteroatoms. The lowest BCUT2D eigenvalue weighted by molar-refractivity contribution is 0.0202. The van der Waals surface area contributed by atoms with Gasteiger partial charge < -0.3 is 19.3 Å². The van der Waals surface area contributed by atoms with Gasteiger partial charge >= 0.3 is 5.97 Å². The largest absolute Gasteiger partial charge is 0.506 e. The number of hydrogen-bond acceptors (Lipinski definition) is 7. The predicted molar refractivity (Wildman–Crippen MR) is 134 cm³/mol. The van der Waals surface area contributed by atoms with Gasteiger partial charge in [-0.1, -0.05) is 34.4 Å². The van der Waals surface area contributed by atoms with E-state index in [1.165, 1.54) is 0 Å². The Hall–Kier alpha value is -3.21. The first kappa shape index (κ1) is 23.2. The van der Waals surface area contributed by atoms with Gasteiger partial charge in [-0.15, -0.1) is 0 Å². The van der Waals surface area contributed by atoms with Gasteiger partial charge in [-0.05, 0) is 49.9 Å². The number of benzene rings is 2. The molecule has 0 unspecified atom stereocenters. The van der Waals surface area contributed by atoms with Gasteiger partial charge in [0.2, 0.25) is 0 Å². The Kier molecular flexibility index (Phi) is 5.82. The van der Waals surface area contributed by atoms with E-state index in [2.05, 4.69) is 10.1 Å². The van der Waals surface area contributed by atoms with E-state index in [-0.39, 0.29) is 35.4 Å². The summed E-state index contributed by atoms with van der Waals surface area (Å²) in [5.74, 6) is 0.211. The first-order chi connectivity index (χ1) is 17.4. The molecular formula is C27H23Cl2N3O4. The first-order valence-corrected chi connectivity index (χ1v) is 12.9. The number of anilines is 1. The van der Waals surface area contributed by atoms with Crippen LogP contribution in [0.1, 0.15) is 66.1 Å². The molecule has 2 aliphatic heterocycles. The molecule has 1 saturated carbocycles. The minimum Gasteiger partial charge on any atom is -0.506 e. The first-order valence-electron chi connectivity index (χ1n) is 12.1. The molecular weight excluding hydrogens is 501 g/mol. The number of nitriles is 1. The summed E-state index contributed by atoms with van der Waals surface area (Å²) < 4.78 is 11.7. The molecule has 3 heterocycles. The van der Waals surface area contributed by atoms with E-state index in [0.29, 0.717) is 45.5 Å². The van der Waals surface area contributed by atoms with Crippen LogP contribution in [-0.2, 0) is 4.74 Å². The van der Waals surface area contributed by atoms with E-state index in [9.17, 15) is 9.90 Å². The van der Waals surface area contributed by atoms with Crippen LogP contribution < -0.4 is 4.90 Å². The molecule has 1 aliphatic carbocycles. The van der Waals surface area contributed by atoms with Crippen LogP contribution in [0.2, 0.25) is 10.0 Å². The van der Waals surface area contributed by atoms with Crippen molar-refractivity contribution in [3.8, 4) is 23.1 Å². The standard InChI is InChI=1S/C27H23Cl2N3O4/c28-20-2-1-3-21(29)23(20)25-24(26(36-31-25)14-4-5-14)27(34)35-19-10-16-8-9-17(11-19)32(16)18-7-6-15(13-30)22(33)12-18/h1-3,6-7,12,14,16-17,19,33H,4-5,8-11H2/t16-,17+,19+. The Bertz CT molecular complexity index is 1360. The van der Waals surface area contributed by atoms with Crippen LogP contribution in [0.25, 0.3) is 11.3 Å². The highest BCUT2D eigenvalue weighted by Crippen LogP contribution is 2.47. The number of ether oxygens (including phenoxy) is 1. The Labute approximate surface area is 218 Å². The molecule has 3 aliphatic rings. The zero-order valence-electron chi connectivity index (χ0n) is 19.3. The molecule has 6 rings (SSSR count). The van der Waals surface area contributed by atoms with Gasteiger partial charge in [0.15, 0.2) is 5.76 Å². The molecule has 1 N–H and O–H groups in total. The molecule has 3 fully saturated rings. The summed E-state index contributed by atoms with van der Waals surface area (Å²) in [5, 5.41) is 24.3. The van der Waals surface area contributed by atoms with Crippen molar-refractivity contribution < 1.29 is 19.2 Å². The summed E-state index contributed by atoms with van der Waals surface area (Å²) in [6, 6.07) is 12.7. The van der Waals surface area contributed by atoms with Gasteiger partial charge in [0.25, 0.3) is 0 Å². The SMILES string of the molecule is N#Cc1ccc(N2[C@@H]3CC[C@H]2C[C@@H](OC(=O)c2c(-c4c(Cl)cccc4Cl)noc2C2CC2)C3)cc1O. The van der Waals surface area contributed by atoms with Crippen LogP contribution in [-0.4, -0.2) is 34.4 Å². The van der Waals surface area contributed by atoms with Crippen LogP contribution in [0.3, 0.4) is 0 Å². The number of phenols is 1. The van der Waals surface area contributed by atoms with Gasteiger partial charge in [0.05, 0.1) is 15.6 Å². The molecule has 1 aromatic heterocycles. The smallest absolute Gasteiger partial charge is 0.344 e. The maximum absolute atomic E-state index is 13.6. The lowest BCUT2D eigenvalue weighted by Crippen LogP contribution is -2.46. The number of aromatic nitrogens is 1. The number of hydrogen-bond donors (Lipinski definition) is 1. The maximum Gasteiger partial charge on any atom is 0.344 e. The molecule has 36 heavy (non-hydrogen) atoms.